The number of nitrogens with zero attached hydrogens (tertiary/aromatic N) is 2. The smallest absolute Gasteiger partial charge is 0.147 e. The molecule has 1 rings (SSSR count). The van der Waals surface area contributed by atoms with Crippen molar-refractivity contribution in [3.05, 3.63) is 17.6 Å². The van der Waals surface area contributed by atoms with E-state index in [-0.39, 0.29) is 0 Å². The molecule has 1 heterocycles. The van der Waals surface area contributed by atoms with Crippen LogP contribution in [0.4, 0.5) is 5.82 Å². The van der Waals surface area contributed by atoms with Gasteiger partial charge in [0.1, 0.15) is 5.82 Å². The number of hydrogen-bond acceptors (Lipinski definition) is 3. The average Bonchev–Trinajstić information content (AvgIpc) is 2.10. The lowest BCUT2D eigenvalue weighted by molar-refractivity contribution is 0.606. The van der Waals surface area contributed by atoms with E-state index < -0.39 is 0 Å². The van der Waals surface area contributed by atoms with Crippen molar-refractivity contribution in [2.24, 2.45) is 5.92 Å². The minimum atomic E-state index is 0.723. The van der Waals surface area contributed by atoms with E-state index in [0.717, 1.165) is 36.1 Å². The molecule has 0 spiro atoms. The monoisotopic (exact) mass is 193 g/mol. The van der Waals surface area contributed by atoms with Gasteiger partial charge >= 0.3 is 0 Å². The van der Waals surface area contributed by atoms with Crippen LogP contribution < -0.4 is 5.32 Å². The Kier molecular flexibility index (Phi) is 3.86. The molecular weight excluding hydrogens is 174 g/mol. The molecule has 0 aliphatic carbocycles. The first-order valence-corrected chi connectivity index (χ1v) is 5.13. The highest BCUT2D eigenvalue weighted by atomic mass is 15.0. The molecule has 0 saturated heterocycles. The summed E-state index contributed by atoms with van der Waals surface area (Å²) < 4.78 is 0. The van der Waals surface area contributed by atoms with Gasteiger partial charge in [0.05, 0.1) is 11.4 Å². The summed E-state index contributed by atoms with van der Waals surface area (Å²) in [7, 11) is 0. The van der Waals surface area contributed by atoms with Gasteiger partial charge in [-0.1, -0.05) is 13.8 Å². The lowest BCUT2D eigenvalue weighted by atomic mass is 10.1. The summed E-state index contributed by atoms with van der Waals surface area (Å²) in [6.07, 6.45) is 2.96. The molecule has 0 aliphatic heterocycles. The van der Waals surface area contributed by atoms with Crippen LogP contribution in [0.3, 0.4) is 0 Å². The zero-order valence-corrected chi connectivity index (χ0v) is 9.46. The van der Waals surface area contributed by atoms with Crippen LogP contribution in [0.2, 0.25) is 0 Å². The van der Waals surface area contributed by atoms with E-state index in [1.54, 1.807) is 6.20 Å². The Balaban J connectivity index is 2.53. The standard InChI is InChI=1S/C11H19N3/c1-8(2)5-6-12-11-10(4)13-7-9(3)14-11/h7-8H,5-6H2,1-4H3,(H,12,14). The number of nitrogens with one attached hydrogen (secondary N) is 1. The first kappa shape index (κ1) is 11.0. The summed E-state index contributed by atoms with van der Waals surface area (Å²) >= 11 is 0. The number of hydrogen-bond donors (Lipinski definition) is 1. The lowest BCUT2D eigenvalue weighted by Crippen LogP contribution is -2.08. The van der Waals surface area contributed by atoms with E-state index in [1.165, 1.54) is 0 Å². The predicted octanol–water partition coefficient (Wildman–Crippen LogP) is 2.55. The minimum Gasteiger partial charge on any atom is -0.369 e. The largest absolute Gasteiger partial charge is 0.369 e. The molecule has 0 unspecified atom stereocenters. The van der Waals surface area contributed by atoms with E-state index in [2.05, 4.69) is 29.1 Å². The molecular formula is C11H19N3. The fourth-order valence-electron chi connectivity index (χ4n) is 1.18. The molecule has 1 N–H and O–H groups in total. The summed E-state index contributed by atoms with van der Waals surface area (Å²) in [4.78, 5) is 8.65. The van der Waals surface area contributed by atoms with Gasteiger partial charge in [-0.25, -0.2) is 4.98 Å². The quantitative estimate of drug-likeness (QED) is 0.798. The van der Waals surface area contributed by atoms with Gasteiger partial charge < -0.3 is 5.32 Å². The van der Waals surface area contributed by atoms with E-state index >= 15 is 0 Å². The maximum absolute atomic E-state index is 4.40. The number of anilines is 1. The molecule has 3 heteroatoms. The maximum atomic E-state index is 4.40. The van der Waals surface area contributed by atoms with E-state index in [1.807, 2.05) is 13.8 Å². The molecule has 0 radical (unpaired) electrons. The van der Waals surface area contributed by atoms with E-state index in [9.17, 15) is 0 Å². The Morgan fingerprint density at radius 3 is 2.71 bits per heavy atom. The van der Waals surface area contributed by atoms with E-state index in [4.69, 9.17) is 0 Å². The Morgan fingerprint density at radius 2 is 2.07 bits per heavy atom. The SMILES string of the molecule is Cc1cnc(C)c(NCCC(C)C)n1. The van der Waals surface area contributed by atoms with Crippen LogP contribution in [0.15, 0.2) is 6.20 Å². The third-order valence-electron chi connectivity index (χ3n) is 2.09. The average molecular weight is 193 g/mol. The number of aromatic nitrogens is 2. The Labute approximate surface area is 86.0 Å². The molecule has 0 saturated carbocycles. The molecule has 3 nitrogen and oxygen atoms in total. The second kappa shape index (κ2) is 4.94. The molecule has 0 amide bonds. The molecule has 0 fully saturated rings. The second-order valence-electron chi connectivity index (χ2n) is 4.05. The second-order valence-corrected chi connectivity index (χ2v) is 4.05. The third-order valence-corrected chi connectivity index (χ3v) is 2.09. The Hall–Kier alpha value is -1.12. The predicted molar refractivity (Wildman–Crippen MR) is 59.5 cm³/mol. The fraction of sp³-hybridized carbons (Fsp3) is 0.636. The first-order valence-electron chi connectivity index (χ1n) is 5.13. The molecule has 0 atom stereocenters. The van der Waals surface area contributed by atoms with Crippen molar-refractivity contribution in [1.29, 1.82) is 0 Å². The minimum absolute atomic E-state index is 0.723. The summed E-state index contributed by atoms with van der Waals surface area (Å²) in [5, 5.41) is 3.31. The maximum Gasteiger partial charge on any atom is 0.147 e. The lowest BCUT2D eigenvalue weighted by Gasteiger charge is -2.09. The Morgan fingerprint density at radius 1 is 1.36 bits per heavy atom. The van der Waals surface area contributed by atoms with Crippen LogP contribution in [0.5, 0.6) is 0 Å². The van der Waals surface area contributed by atoms with Crippen LogP contribution in [0.25, 0.3) is 0 Å². The molecule has 78 valence electrons. The van der Waals surface area contributed by atoms with Crippen molar-refractivity contribution in [1.82, 2.24) is 9.97 Å². The topological polar surface area (TPSA) is 37.8 Å². The van der Waals surface area contributed by atoms with Gasteiger partial charge in [0.15, 0.2) is 0 Å². The normalized spacial score (nSPS) is 10.6. The molecule has 0 aromatic carbocycles. The Bertz CT molecular complexity index is 295. The van der Waals surface area contributed by atoms with Gasteiger partial charge in [-0.15, -0.1) is 0 Å². The molecule has 1 aromatic rings. The molecule has 0 aliphatic rings. The fourth-order valence-corrected chi connectivity index (χ4v) is 1.18. The highest BCUT2D eigenvalue weighted by molar-refractivity contribution is 5.39. The number of rotatable bonds is 4. The highest BCUT2D eigenvalue weighted by Gasteiger charge is 2.01. The summed E-state index contributed by atoms with van der Waals surface area (Å²) in [5.41, 5.74) is 1.93. The zero-order chi connectivity index (χ0) is 10.6. The van der Waals surface area contributed by atoms with Gasteiger partial charge in [-0.2, -0.15) is 0 Å². The first-order chi connectivity index (χ1) is 6.59. The number of aryl methyl sites for hydroxylation is 2. The van der Waals surface area contributed by atoms with Crippen molar-refractivity contribution in [3.8, 4) is 0 Å². The van der Waals surface area contributed by atoms with Gasteiger partial charge in [0, 0.05) is 12.7 Å². The van der Waals surface area contributed by atoms with Gasteiger partial charge in [0.25, 0.3) is 0 Å². The van der Waals surface area contributed by atoms with Crippen LogP contribution in [0, 0.1) is 19.8 Å². The molecule has 0 bridgehead atoms. The summed E-state index contributed by atoms with van der Waals surface area (Å²) in [5.74, 6) is 1.64. The molecule has 1 aromatic heterocycles. The van der Waals surface area contributed by atoms with Crippen molar-refractivity contribution in [2.45, 2.75) is 34.1 Å². The van der Waals surface area contributed by atoms with Crippen molar-refractivity contribution in [3.63, 3.8) is 0 Å². The summed E-state index contributed by atoms with van der Waals surface area (Å²) in [6, 6.07) is 0. The highest BCUT2D eigenvalue weighted by Crippen LogP contribution is 2.09. The van der Waals surface area contributed by atoms with Crippen LogP contribution in [-0.2, 0) is 0 Å². The van der Waals surface area contributed by atoms with Gasteiger partial charge in [-0.3, -0.25) is 4.98 Å². The van der Waals surface area contributed by atoms with Crippen LogP contribution >= 0.6 is 0 Å². The van der Waals surface area contributed by atoms with Crippen LogP contribution in [-0.4, -0.2) is 16.5 Å². The van der Waals surface area contributed by atoms with Crippen LogP contribution in [0.1, 0.15) is 31.7 Å². The van der Waals surface area contributed by atoms with Crippen molar-refractivity contribution in [2.75, 3.05) is 11.9 Å². The molecule has 14 heavy (non-hydrogen) atoms. The van der Waals surface area contributed by atoms with Crippen molar-refractivity contribution < 1.29 is 0 Å². The van der Waals surface area contributed by atoms with Crippen molar-refractivity contribution >= 4 is 5.82 Å². The zero-order valence-electron chi connectivity index (χ0n) is 9.46. The van der Waals surface area contributed by atoms with E-state index in [0.29, 0.717) is 0 Å². The third kappa shape index (κ3) is 3.32. The van der Waals surface area contributed by atoms with Gasteiger partial charge in [-0.05, 0) is 26.2 Å². The van der Waals surface area contributed by atoms with Gasteiger partial charge in [0.2, 0.25) is 0 Å². The summed E-state index contributed by atoms with van der Waals surface area (Å²) in [6.45, 7) is 9.34.